The standard InChI is InChI=1S/C14H17FN2O2/c1-11(18)13-9-12(15)3-4-14(13)19-8-2-6-17-7-5-16-10-17/h3-5,7,9-11,18H,2,6,8H2,1H3. The van der Waals surface area contributed by atoms with E-state index in [1.54, 1.807) is 25.5 Å². The van der Waals surface area contributed by atoms with Crippen LogP contribution in [0.3, 0.4) is 0 Å². The lowest BCUT2D eigenvalue weighted by molar-refractivity contribution is 0.190. The van der Waals surface area contributed by atoms with Crippen LogP contribution < -0.4 is 4.74 Å². The van der Waals surface area contributed by atoms with Gasteiger partial charge in [-0.15, -0.1) is 0 Å². The van der Waals surface area contributed by atoms with E-state index >= 15 is 0 Å². The molecule has 1 aromatic heterocycles. The van der Waals surface area contributed by atoms with Crippen molar-refractivity contribution in [2.45, 2.75) is 26.0 Å². The Bertz CT molecular complexity index is 512. The van der Waals surface area contributed by atoms with Crippen LogP contribution in [0, 0.1) is 5.82 Å². The molecule has 0 aliphatic carbocycles. The molecule has 0 saturated heterocycles. The van der Waals surface area contributed by atoms with Crippen LogP contribution in [0.2, 0.25) is 0 Å². The number of imidazole rings is 1. The summed E-state index contributed by atoms with van der Waals surface area (Å²) in [5.41, 5.74) is 0.475. The van der Waals surface area contributed by atoms with Crippen LogP contribution in [0.15, 0.2) is 36.9 Å². The van der Waals surface area contributed by atoms with Gasteiger partial charge in [-0.25, -0.2) is 9.37 Å². The van der Waals surface area contributed by atoms with Crippen LogP contribution in [0.4, 0.5) is 4.39 Å². The molecule has 0 fully saturated rings. The van der Waals surface area contributed by atoms with E-state index in [0.717, 1.165) is 13.0 Å². The van der Waals surface area contributed by atoms with E-state index in [9.17, 15) is 9.50 Å². The fourth-order valence-electron chi connectivity index (χ4n) is 1.83. The largest absolute Gasteiger partial charge is 0.493 e. The van der Waals surface area contributed by atoms with Gasteiger partial charge in [-0.05, 0) is 31.5 Å². The minimum absolute atomic E-state index is 0.373. The van der Waals surface area contributed by atoms with E-state index in [1.807, 2.05) is 10.8 Å². The molecule has 4 nitrogen and oxygen atoms in total. The Labute approximate surface area is 111 Å². The molecule has 102 valence electrons. The van der Waals surface area contributed by atoms with Crippen molar-refractivity contribution < 1.29 is 14.2 Å². The van der Waals surface area contributed by atoms with Crippen LogP contribution in [0.25, 0.3) is 0 Å². The number of halogens is 1. The fraction of sp³-hybridized carbons (Fsp3) is 0.357. The van der Waals surface area contributed by atoms with Gasteiger partial charge in [0.1, 0.15) is 11.6 Å². The second-order valence-corrected chi connectivity index (χ2v) is 4.36. The third kappa shape index (κ3) is 3.79. The van der Waals surface area contributed by atoms with E-state index in [2.05, 4.69) is 4.98 Å². The first-order chi connectivity index (χ1) is 9.16. The number of aliphatic hydroxyl groups excluding tert-OH is 1. The molecule has 0 bridgehead atoms. The zero-order valence-electron chi connectivity index (χ0n) is 10.8. The Morgan fingerprint density at radius 3 is 3.00 bits per heavy atom. The van der Waals surface area contributed by atoms with Crippen molar-refractivity contribution in [1.29, 1.82) is 0 Å². The molecule has 1 N–H and O–H groups in total. The molecule has 2 aromatic rings. The highest BCUT2D eigenvalue weighted by Gasteiger charge is 2.10. The van der Waals surface area contributed by atoms with E-state index in [1.165, 1.54) is 12.1 Å². The second kappa shape index (κ2) is 6.33. The normalized spacial score (nSPS) is 12.4. The van der Waals surface area contributed by atoms with Crippen molar-refractivity contribution in [1.82, 2.24) is 9.55 Å². The lowest BCUT2D eigenvalue weighted by Crippen LogP contribution is -2.05. The zero-order valence-corrected chi connectivity index (χ0v) is 10.8. The van der Waals surface area contributed by atoms with Gasteiger partial charge < -0.3 is 14.4 Å². The summed E-state index contributed by atoms with van der Waals surface area (Å²) in [6.07, 6.45) is 5.43. The van der Waals surface area contributed by atoms with Gasteiger partial charge in [0.2, 0.25) is 0 Å². The Morgan fingerprint density at radius 2 is 2.32 bits per heavy atom. The third-order valence-electron chi connectivity index (χ3n) is 2.80. The van der Waals surface area contributed by atoms with Gasteiger partial charge in [0.05, 0.1) is 19.0 Å². The van der Waals surface area contributed by atoms with Gasteiger partial charge in [-0.1, -0.05) is 0 Å². The number of aryl methyl sites for hydroxylation is 1. The SMILES string of the molecule is CC(O)c1cc(F)ccc1OCCCn1ccnc1. The second-order valence-electron chi connectivity index (χ2n) is 4.36. The van der Waals surface area contributed by atoms with Crippen LogP contribution in [-0.2, 0) is 6.54 Å². The maximum Gasteiger partial charge on any atom is 0.125 e. The molecule has 2 rings (SSSR count). The lowest BCUT2D eigenvalue weighted by Gasteiger charge is -2.13. The molecule has 0 aliphatic heterocycles. The summed E-state index contributed by atoms with van der Waals surface area (Å²) in [5.74, 6) is 0.156. The van der Waals surface area contributed by atoms with Crippen molar-refractivity contribution in [2.75, 3.05) is 6.61 Å². The number of ether oxygens (including phenoxy) is 1. The van der Waals surface area contributed by atoms with E-state index in [4.69, 9.17) is 4.74 Å². The third-order valence-corrected chi connectivity index (χ3v) is 2.80. The van der Waals surface area contributed by atoms with E-state index in [0.29, 0.717) is 17.9 Å². The molecule has 0 spiro atoms. The topological polar surface area (TPSA) is 47.3 Å². The molecular formula is C14H17FN2O2. The van der Waals surface area contributed by atoms with Gasteiger partial charge in [0.25, 0.3) is 0 Å². The predicted octanol–water partition coefficient (Wildman–Crippen LogP) is 2.54. The maximum absolute atomic E-state index is 13.1. The summed E-state index contributed by atoms with van der Waals surface area (Å²) in [4.78, 5) is 3.95. The van der Waals surface area contributed by atoms with Gasteiger partial charge >= 0.3 is 0 Å². The van der Waals surface area contributed by atoms with Gasteiger partial charge in [-0.2, -0.15) is 0 Å². The minimum Gasteiger partial charge on any atom is -0.493 e. The Hall–Kier alpha value is -1.88. The quantitative estimate of drug-likeness (QED) is 0.816. The fourth-order valence-corrected chi connectivity index (χ4v) is 1.83. The summed E-state index contributed by atoms with van der Waals surface area (Å²) in [6, 6.07) is 4.18. The lowest BCUT2D eigenvalue weighted by atomic mass is 10.1. The molecule has 0 radical (unpaired) electrons. The molecule has 0 amide bonds. The number of hydrogen-bond acceptors (Lipinski definition) is 3. The Morgan fingerprint density at radius 1 is 1.47 bits per heavy atom. The minimum atomic E-state index is -0.751. The molecule has 0 aliphatic rings. The monoisotopic (exact) mass is 264 g/mol. The molecule has 5 heteroatoms. The predicted molar refractivity (Wildman–Crippen MR) is 69.4 cm³/mol. The smallest absolute Gasteiger partial charge is 0.125 e. The number of nitrogens with zero attached hydrogens (tertiary/aromatic N) is 2. The molecule has 0 saturated carbocycles. The summed E-state index contributed by atoms with van der Waals surface area (Å²) >= 11 is 0. The summed E-state index contributed by atoms with van der Waals surface area (Å²) in [7, 11) is 0. The number of aliphatic hydroxyl groups is 1. The Kier molecular flexibility index (Phi) is 4.52. The van der Waals surface area contributed by atoms with Crippen LogP contribution in [-0.4, -0.2) is 21.3 Å². The number of rotatable bonds is 6. The first-order valence-corrected chi connectivity index (χ1v) is 6.23. The van der Waals surface area contributed by atoms with Crippen molar-refractivity contribution >= 4 is 0 Å². The highest BCUT2D eigenvalue weighted by molar-refractivity contribution is 5.35. The molecule has 1 aromatic carbocycles. The van der Waals surface area contributed by atoms with Crippen molar-refractivity contribution in [3.63, 3.8) is 0 Å². The average molecular weight is 264 g/mol. The van der Waals surface area contributed by atoms with Crippen LogP contribution in [0.1, 0.15) is 25.0 Å². The van der Waals surface area contributed by atoms with Crippen molar-refractivity contribution in [3.05, 3.63) is 48.3 Å². The molecule has 1 atom stereocenters. The van der Waals surface area contributed by atoms with E-state index < -0.39 is 6.10 Å². The van der Waals surface area contributed by atoms with Crippen LogP contribution in [0.5, 0.6) is 5.75 Å². The highest BCUT2D eigenvalue weighted by atomic mass is 19.1. The summed E-state index contributed by atoms with van der Waals surface area (Å²) in [6.45, 7) is 2.90. The first-order valence-electron chi connectivity index (χ1n) is 6.23. The maximum atomic E-state index is 13.1. The van der Waals surface area contributed by atoms with Crippen molar-refractivity contribution in [2.24, 2.45) is 0 Å². The van der Waals surface area contributed by atoms with Gasteiger partial charge in [0, 0.05) is 24.5 Å². The molecule has 19 heavy (non-hydrogen) atoms. The Balaban J connectivity index is 1.88. The average Bonchev–Trinajstić information content (AvgIpc) is 2.89. The molecule has 1 heterocycles. The van der Waals surface area contributed by atoms with Crippen molar-refractivity contribution in [3.8, 4) is 5.75 Å². The van der Waals surface area contributed by atoms with Gasteiger partial charge in [0.15, 0.2) is 0 Å². The molecular weight excluding hydrogens is 247 g/mol. The summed E-state index contributed by atoms with van der Waals surface area (Å²) in [5, 5.41) is 9.58. The number of benzene rings is 1. The summed E-state index contributed by atoms with van der Waals surface area (Å²) < 4.78 is 20.7. The first kappa shape index (κ1) is 13.5. The van der Waals surface area contributed by atoms with E-state index in [-0.39, 0.29) is 5.82 Å². The number of hydrogen-bond donors (Lipinski definition) is 1. The molecule has 1 unspecified atom stereocenters. The zero-order chi connectivity index (χ0) is 13.7. The highest BCUT2D eigenvalue weighted by Crippen LogP contribution is 2.26. The number of aromatic nitrogens is 2. The van der Waals surface area contributed by atoms with Gasteiger partial charge in [-0.3, -0.25) is 0 Å². The van der Waals surface area contributed by atoms with Crippen LogP contribution >= 0.6 is 0 Å².